The lowest BCUT2D eigenvalue weighted by Crippen LogP contribution is -2.31. The first-order valence-corrected chi connectivity index (χ1v) is 10.6. The predicted molar refractivity (Wildman–Crippen MR) is 127 cm³/mol. The van der Waals surface area contributed by atoms with E-state index in [1.165, 1.54) is 0 Å². The van der Waals surface area contributed by atoms with Crippen LogP contribution in [0, 0.1) is 0 Å². The van der Waals surface area contributed by atoms with Crippen molar-refractivity contribution in [2.75, 3.05) is 5.32 Å². The van der Waals surface area contributed by atoms with Crippen molar-refractivity contribution in [1.82, 2.24) is 9.40 Å². The second-order valence-electron chi connectivity index (χ2n) is 8.06. The van der Waals surface area contributed by atoms with Gasteiger partial charge in [0, 0.05) is 34.8 Å². The quantitative estimate of drug-likeness (QED) is 0.428. The van der Waals surface area contributed by atoms with E-state index >= 15 is 0 Å². The summed E-state index contributed by atoms with van der Waals surface area (Å²) in [6.45, 7) is 5.44. The number of pyridine rings is 1. The summed E-state index contributed by atoms with van der Waals surface area (Å²) in [6, 6.07) is 17.6. The number of benzene rings is 2. The van der Waals surface area contributed by atoms with E-state index in [2.05, 4.69) is 10.3 Å². The van der Waals surface area contributed by atoms with Crippen LogP contribution in [0.2, 0.25) is 5.02 Å². The molecule has 0 saturated carbocycles. The second-order valence-corrected chi connectivity index (χ2v) is 8.88. The van der Waals surface area contributed by atoms with Crippen LogP contribution in [0.4, 0.5) is 10.5 Å². The van der Waals surface area contributed by atoms with E-state index in [1.54, 1.807) is 69.4 Å². The zero-order valence-electron chi connectivity index (χ0n) is 17.9. The van der Waals surface area contributed by atoms with Gasteiger partial charge in [-0.05, 0) is 68.8 Å². The Hall–Kier alpha value is -3.09. The highest BCUT2D eigenvalue weighted by Gasteiger charge is 2.21. The van der Waals surface area contributed by atoms with E-state index in [-0.39, 0.29) is 12.5 Å². The lowest BCUT2D eigenvalue weighted by Gasteiger charge is -2.23. The minimum Gasteiger partial charge on any atom is -0.443 e. The van der Waals surface area contributed by atoms with Crippen molar-refractivity contribution >= 4 is 41.1 Å². The third kappa shape index (κ3) is 6.45. The monoisotopic (exact) mass is 471 g/mol. The smallest absolute Gasteiger partial charge is 0.425 e. The summed E-state index contributed by atoms with van der Waals surface area (Å²) in [6.07, 6.45) is 1.05. The van der Waals surface area contributed by atoms with E-state index in [1.807, 2.05) is 18.2 Å². The first kappa shape index (κ1) is 23.6. The molecule has 0 aliphatic heterocycles. The zero-order chi connectivity index (χ0) is 23.3. The molecule has 3 aromatic rings. The number of anilines is 1. The molecule has 0 saturated heterocycles. The molecule has 0 spiro atoms. The third-order valence-corrected chi connectivity index (χ3v) is 4.88. The van der Waals surface area contributed by atoms with E-state index in [4.69, 9.17) is 28.1 Å². The highest BCUT2D eigenvalue weighted by Crippen LogP contribution is 2.29. The van der Waals surface area contributed by atoms with Gasteiger partial charge in [-0.1, -0.05) is 29.8 Å². The summed E-state index contributed by atoms with van der Waals surface area (Å²) in [4.78, 5) is 29.0. The van der Waals surface area contributed by atoms with Crippen LogP contribution in [-0.2, 0) is 11.3 Å². The van der Waals surface area contributed by atoms with E-state index in [0.29, 0.717) is 22.0 Å². The molecule has 0 aliphatic carbocycles. The largest absolute Gasteiger partial charge is 0.443 e. The summed E-state index contributed by atoms with van der Waals surface area (Å²) in [5, 5.41) is 3.41. The minimum atomic E-state index is -0.635. The molecule has 0 atom stereocenters. The van der Waals surface area contributed by atoms with Gasteiger partial charge >= 0.3 is 6.09 Å². The second kappa shape index (κ2) is 10.0. The Bertz CT molecular complexity index is 1100. The first-order valence-electron chi connectivity index (χ1n) is 9.90. The number of amides is 2. The van der Waals surface area contributed by atoms with Gasteiger partial charge in [-0.25, -0.2) is 9.21 Å². The number of aromatic nitrogens is 1. The molecule has 166 valence electrons. The first-order chi connectivity index (χ1) is 15.1. The number of carbonyl (C=O) groups is 2. The van der Waals surface area contributed by atoms with Gasteiger partial charge in [-0.2, -0.15) is 0 Å². The van der Waals surface area contributed by atoms with E-state index in [0.717, 1.165) is 15.5 Å². The maximum absolute atomic E-state index is 12.7. The molecule has 6 nitrogen and oxygen atoms in total. The van der Waals surface area contributed by atoms with Crippen molar-refractivity contribution in [3.63, 3.8) is 0 Å². The molecular weight excluding hydrogens is 449 g/mol. The van der Waals surface area contributed by atoms with Gasteiger partial charge < -0.3 is 10.1 Å². The molecule has 2 aromatic carbocycles. The van der Waals surface area contributed by atoms with Crippen LogP contribution in [0.15, 0.2) is 66.9 Å². The Morgan fingerprint density at radius 2 is 1.78 bits per heavy atom. The van der Waals surface area contributed by atoms with Gasteiger partial charge in [0.05, 0.1) is 17.3 Å². The number of nitrogens with zero attached hydrogens (tertiary/aromatic N) is 2. The molecule has 1 N–H and O–H groups in total. The van der Waals surface area contributed by atoms with Gasteiger partial charge in [0.25, 0.3) is 5.91 Å². The highest BCUT2D eigenvalue weighted by molar-refractivity contribution is 6.33. The van der Waals surface area contributed by atoms with Gasteiger partial charge in [-0.15, -0.1) is 0 Å². The lowest BCUT2D eigenvalue weighted by atomic mass is 10.1. The van der Waals surface area contributed by atoms with Gasteiger partial charge in [0.2, 0.25) is 0 Å². The minimum absolute atomic E-state index is 0.142. The fraction of sp³-hybridized carbons (Fsp3) is 0.208. The normalized spacial score (nSPS) is 11.0. The third-order valence-electron chi connectivity index (χ3n) is 4.29. The Morgan fingerprint density at radius 3 is 2.41 bits per heavy atom. The average Bonchev–Trinajstić information content (AvgIpc) is 2.75. The molecular formula is C24H23Cl2N3O3. The van der Waals surface area contributed by atoms with Crippen LogP contribution in [-0.4, -0.2) is 27.0 Å². The van der Waals surface area contributed by atoms with Crippen LogP contribution < -0.4 is 5.32 Å². The van der Waals surface area contributed by atoms with Crippen LogP contribution >= 0.6 is 23.4 Å². The topological polar surface area (TPSA) is 71.5 Å². The predicted octanol–water partition coefficient (Wildman–Crippen LogP) is 6.55. The van der Waals surface area contributed by atoms with Gasteiger partial charge in [0.1, 0.15) is 5.60 Å². The van der Waals surface area contributed by atoms with Crippen LogP contribution in [0.25, 0.3) is 11.3 Å². The van der Waals surface area contributed by atoms with Crippen molar-refractivity contribution in [3.05, 3.63) is 83.0 Å². The number of ether oxygens (including phenoxy) is 1. The van der Waals surface area contributed by atoms with Crippen molar-refractivity contribution in [2.45, 2.75) is 32.9 Å². The number of hydrogen-bond acceptors (Lipinski definition) is 4. The number of halogens is 2. The lowest BCUT2D eigenvalue weighted by molar-refractivity contribution is 0.0383. The Labute approximate surface area is 197 Å². The van der Waals surface area contributed by atoms with Crippen molar-refractivity contribution in [1.29, 1.82) is 0 Å². The molecule has 0 unspecified atom stereocenters. The molecule has 1 heterocycles. The number of carbonyl (C=O) groups excluding carboxylic acids is 2. The molecule has 3 rings (SSSR count). The number of nitrogens with one attached hydrogen (secondary N) is 1. The van der Waals surface area contributed by atoms with E-state index in [9.17, 15) is 9.59 Å². The summed E-state index contributed by atoms with van der Waals surface area (Å²) in [5.74, 6) is -0.277. The SMILES string of the molecule is CC(C)(C)OC(=O)N(Cl)Cc1ccc(C(=O)Nc2ccc(Cl)c(-c3ccccn3)c2)cc1. The molecule has 2 amide bonds. The van der Waals surface area contributed by atoms with Crippen LogP contribution in [0.1, 0.15) is 36.7 Å². The van der Waals surface area contributed by atoms with Crippen LogP contribution in [0.5, 0.6) is 0 Å². The average molecular weight is 472 g/mol. The molecule has 0 fully saturated rings. The number of rotatable bonds is 5. The Morgan fingerprint density at radius 1 is 1.06 bits per heavy atom. The van der Waals surface area contributed by atoms with E-state index < -0.39 is 11.7 Å². The van der Waals surface area contributed by atoms with Crippen molar-refractivity contribution in [2.24, 2.45) is 0 Å². The Balaban J connectivity index is 1.66. The maximum Gasteiger partial charge on any atom is 0.425 e. The molecule has 32 heavy (non-hydrogen) atoms. The maximum atomic E-state index is 12.7. The van der Waals surface area contributed by atoms with Crippen molar-refractivity contribution in [3.8, 4) is 11.3 Å². The summed E-state index contributed by atoms with van der Waals surface area (Å²) in [5.41, 5.74) is 2.62. The summed E-state index contributed by atoms with van der Waals surface area (Å²) < 4.78 is 6.19. The summed E-state index contributed by atoms with van der Waals surface area (Å²) in [7, 11) is 0. The fourth-order valence-corrected chi connectivity index (χ4v) is 3.21. The molecule has 1 aromatic heterocycles. The molecule has 0 aliphatic rings. The fourth-order valence-electron chi connectivity index (χ4n) is 2.82. The summed E-state index contributed by atoms with van der Waals surface area (Å²) >= 11 is 12.3. The van der Waals surface area contributed by atoms with Crippen LogP contribution in [0.3, 0.4) is 0 Å². The molecule has 0 bridgehead atoms. The number of hydrogen-bond donors (Lipinski definition) is 1. The molecule has 0 radical (unpaired) electrons. The highest BCUT2D eigenvalue weighted by atomic mass is 35.5. The zero-order valence-corrected chi connectivity index (χ0v) is 19.4. The standard InChI is InChI=1S/C24H23Cl2N3O3/c1-24(2,3)32-23(31)29(26)15-16-7-9-17(10-8-16)22(30)28-18-11-12-20(25)19(14-18)21-6-4-5-13-27-21/h4-14H,15H2,1-3H3,(H,28,30). The van der Waals surface area contributed by atoms with Gasteiger partial charge in [-0.3, -0.25) is 9.78 Å². The molecule has 8 heteroatoms. The Kier molecular flexibility index (Phi) is 7.38. The van der Waals surface area contributed by atoms with Crippen molar-refractivity contribution < 1.29 is 14.3 Å². The van der Waals surface area contributed by atoms with Gasteiger partial charge in [0.15, 0.2) is 0 Å².